The van der Waals surface area contributed by atoms with Crippen LogP contribution in [0, 0.1) is 16.0 Å². The first-order chi connectivity index (χ1) is 29.2. The molecule has 3 fully saturated rings. The Bertz CT molecular complexity index is 2660. The number of nitro groups is 1. The zero-order chi connectivity index (χ0) is 41.2. The van der Waals surface area contributed by atoms with Gasteiger partial charge in [0, 0.05) is 49.6 Å². The molecule has 0 spiro atoms. The van der Waals surface area contributed by atoms with Crippen LogP contribution in [0.4, 0.5) is 17.1 Å². The highest BCUT2D eigenvalue weighted by Gasteiger charge is 2.32. The topological polar surface area (TPSA) is 169 Å². The zero-order valence-electron chi connectivity index (χ0n) is 33.0. The van der Waals surface area contributed by atoms with Crippen LogP contribution in [0.5, 0.6) is 11.5 Å². The van der Waals surface area contributed by atoms with Gasteiger partial charge in [0.2, 0.25) is 0 Å². The number of aromatic nitrogens is 2. The van der Waals surface area contributed by atoms with Gasteiger partial charge in [-0.3, -0.25) is 14.9 Å². The molecule has 1 saturated carbocycles. The lowest BCUT2D eigenvalue weighted by Gasteiger charge is -2.39. The molecule has 14 heteroatoms. The standard InChI is InChI=1S/C46H46N6O7S/c53-46(50-60(56,57)37-15-17-41(43(27-37)52(54)55)48-28-30-19-23-58-24-20-30)40-16-12-33(26-44(40)59-36-25-34-18-21-47-45(34)49-29-36)31-10-13-35(14-11-31)51-22-4-3-7-42(51)39-6-2-1-5-38(39)32-8-9-32/h1-2,5-6,10-18,21,25-27,29-30,32,42,48H,3-4,7-9,19-20,22-24,28H2,(H,47,49)(H,50,53). The van der Waals surface area contributed by atoms with Gasteiger partial charge < -0.3 is 24.7 Å². The van der Waals surface area contributed by atoms with E-state index in [9.17, 15) is 23.3 Å². The number of sulfonamides is 1. The van der Waals surface area contributed by atoms with Crippen molar-refractivity contribution in [3.63, 3.8) is 0 Å². The highest BCUT2D eigenvalue weighted by Crippen LogP contribution is 2.46. The highest BCUT2D eigenvalue weighted by molar-refractivity contribution is 7.90. The minimum atomic E-state index is -4.56. The second-order valence-corrected chi connectivity index (χ2v) is 17.5. The van der Waals surface area contributed by atoms with Gasteiger partial charge in [0.1, 0.15) is 22.8 Å². The van der Waals surface area contributed by atoms with Crippen molar-refractivity contribution in [2.45, 2.75) is 61.8 Å². The number of hydrogen-bond donors (Lipinski definition) is 3. The summed E-state index contributed by atoms with van der Waals surface area (Å²) in [4.78, 5) is 34.9. The number of aromatic amines is 1. The summed E-state index contributed by atoms with van der Waals surface area (Å²) in [5.41, 5.74) is 6.07. The molecule has 1 unspecified atom stereocenters. The molecule has 2 aliphatic heterocycles. The number of anilines is 2. The molecule has 1 atom stereocenters. The van der Waals surface area contributed by atoms with E-state index in [4.69, 9.17) is 9.47 Å². The molecule has 4 heterocycles. The predicted octanol–water partition coefficient (Wildman–Crippen LogP) is 9.50. The number of hydrogen-bond acceptors (Lipinski definition) is 10. The van der Waals surface area contributed by atoms with E-state index in [-0.39, 0.29) is 22.9 Å². The number of piperidine rings is 1. The smallest absolute Gasteiger partial charge is 0.293 e. The Morgan fingerprint density at radius 3 is 2.47 bits per heavy atom. The van der Waals surface area contributed by atoms with Crippen molar-refractivity contribution < 1.29 is 27.6 Å². The third-order valence-corrected chi connectivity index (χ3v) is 13.2. The van der Waals surface area contributed by atoms with Gasteiger partial charge in [-0.05, 0) is 128 Å². The average Bonchev–Trinajstić information content (AvgIpc) is 4.02. The van der Waals surface area contributed by atoms with Crippen molar-refractivity contribution in [3.8, 4) is 22.6 Å². The summed E-state index contributed by atoms with van der Waals surface area (Å²) < 4.78 is 41.2. The molecule has 9 rings (SSSR count). The van der Waals surface area contributed by atoms with Gasteiger partial charge in [0.15, 0.2) is 0 Å². The number of carbonyl (C=O) groups excluding carboxylic acids is 1. The quantitative estimate of drug-likeness (QED) is 0.0753. The van der Waals surface area contributed by atoms with E-state index in [1.54, 1.807) is 24.4 Å². The van der Waals surface area contributed by atoms with Crippen LogP contribution in [0.1, 0.15) is 78.4 Å². The molecule has 0 radical (unpaired) electrons. The first kappa shape index (κ1) is 39.2. The van der Waals surface area contributed by atoms with Crippen LogP contribution in [0.3, 0.4) is 0 Å². The molecule has 6 aromatic rings. The van der Waals surface area contributed by atoms with Crippen LogP contribution in [0.25, 0.3) is 22.2 Å². The summed E-state index contributed by atoms with van der Waals surface area (Å²) in [6.07, 6.45) is 10.9. The van der Waals surface area contributed by atoms with E-state index < -0.39 is 31.4 Å². The maximum absolute atomic E-state index is 13.9. The first-order valence-electron chi connectivity index (χ1n) is 20.6. The number of nitro benzene ring substituents is 1. The Morgan fingerprint density at radius 2 is 1.68 bits per heavy atom. The Balaban J connectivity index is 0.985. The lowest BCUT2D eigenvalue weighted by Crippen LogP contribution is -2.33. The number of nitrogens with one attached hydrogen (secondary N) is 3. The number of rotatable bonds is 13. The monoisotopic (exact) mass is 826 g/mol. The molecule has 4 aromatic carbocycles. The number of carbonyl (C=O) groups is 1. The van der Waals surface area contributed by atoms with E-state index in [1.807, 2.05) is 6.07 Å². The zero-order valence-corrected chi connectivity index (χ0v) is 33.8. The third-order valence-electron chi connectivity index (χ3n) is 11.9. The molecule has 1 aliphatic carbocycles. The van der Waals surface area contributed by atoms with Gasteiger partial charge in [-0.1, -0.05) is 42.5 Å². The van der Waals surface area contributed by atoms with Crippen molar-refractivity contribution >= 4 is 44.0 Å². The lowest BCUT2D eigenvalue weighted by atomic mass is 9.89. The Hall–Kier alpha value is -6.25. The molecule has 2 saturated heterocycles. The average molecular weight is 827 g/mol. The number of amides is 1. The number of fused-ring (bicyclic) bond motifs is 1. The molecule has 2 aromatic heterocycles. The molecule has 0 bridgehead atoms. The van der Waals surface area contributed by atoms with Gasteiger partial charge in [0.25, 0.3) is 21.6 Å². The van der Waals surface area contributed by atoms with Crippen molar-refractivity contribution in [1.82, 2.24) is 14.7 Å². The van der Waals surface area contributed by atoms with Crippen LogP contribution in [-0.2, 0) is 14.8 Å². The van der Waals surface area contributed by atoms with E-state index in [0.717, 1.165) is 60.5 Å². The van der Waals surface area contributed by atoms with Crippen molar-refractivity contribution in [2.75, 3.05) is 36.5 Å². The Morgan fingerprint density at radius 1 is 0.900 bits per heavy atom. The van der Waals surface area contributed by atoms with E-state index in [2.05, 4.69) is 73.4 Å². The summed E-state index contributed by atoms with van der Waals surface area (Å²) in [5.74, 6) is 0.421. The number of H-pyrrole nitrogens is 1. The molecule has 60 heavy (non-hydrogen) atoms. The van der Waals surface area contributed by atoms with Gasteiger partial charge in [-0.15, -0.1) is 0 Å². The number of nitrogens with zero attached hydrogens (tertiary/aromatic N) is 3. The van der Waals surface area contributed by atoms with Gasteiger partial charge in [-0.2, -0.15) is 0 Å². The molecular weight excluding hydrogens is 781 g/mol. The van der Waals surface area contributed by atoms with Crippen LogP contribution in [-0.4, -0.2) is 55.5 Å². The normalized spacial score (nSPS) is 17.3. The maximum atomic E-state index is 13.9. The van der Waals surface area contributed by atoms with Crippen LogP contribution < -0.4 is 19.7 Å². The van der Waals surface area contributed by atoms with E-state index in [1.165, 1.54) is 54.8 Å². The highest BCUT2D eigenvalue weighted by atomic mass is 32.2. The number of ether oxygens (including phenoxy) is 2. The van der Waals surface area contributed by atoms with Gasteiger partial charge >= 0.3 is 0 Å². The van der Waals surface area contributed by atoms with Crippen molar-refractivity contribution in [1.29, 1.82) is 0 Å². The summed E-state index contributed by atoms with van der Waals surface area (Å²) in [6.45, 7) is 2.71. The number of benzene rings is 4. The van der Waals surface area contributed by atoms with Crippen molar-refractivity contribution in [3.05, 3.63) is 136 Å². The SMILES string of the molecule is O=C(NS(=O)(=O)c1ccc(NCC2CCOCC2)c([N+](=O)[O-])c1)c1ccc(-c2ccc(N3CCCCC3c3ccccc3C3CC3)cc2)cc1Oc1cnc2[nH]ccc2c1. The first-order valence-corrected chi connectivity index (χ1v) is 22.1. The second kappa shape index (κ2) is 16.8. The van der Waals surface area contributed by atoms with Crippen LogP contribution in [0.2, 0.25) is 0 Å². The largest absolute Gasteiger partial charge is 0.455 e. The Kier molecular flexibility index (Phi) is 11.0. The molecule has 308 valence electrons. The number of pyridine rings is 1. The Labute approximate surface area is 348 Å². The molecule has 1 amide bonds. The predicted molar refractivity (Wildman–Crippen MR) is 230 cm³/mol. The molecular formula is C46H46N6O7S. The fraction of sp³-hybridized carbons (Fsp3) is 0.304. The molecule has 3 aliphatic rings. The minimum absolute atomic E-state index is 0.0529. The fourth-order valence-corrected chi connectivity index (χ4v) is 9.47. The minimum Gasteiger partial charge on any atom is -0.455 e. The van der Waals surface area contributed by atoms with Gasteiger partial charge in [0.05, 0.1) is 27.6 Å². The fourth-order valence-electron chi connectivity index (χ4n) is 8.49. The summed E-state index contributed by atoms with van der Waals surface area (Å²) in [5, 5.41) is 16.0. The van der Waals surface area contributed by atoms with Gasteiger partial charge in [-0.25, -0.2) is 18.1 Å². The van der Waals surface area contributed by atoms with E-state index in [0.29, 0.717) is 43.1 Å². The summed E-state index contributed by atoms with van der Waals surface area (Å²) in [6, 6.07) is 29.7. The van der Waals surface area contributed by atoms with E-state index >= 15 is 0 Å². The summed E-state index contributed by atoms with van der Waals surface area (Å²) >= 11 is 0. The second-order valence-electron chi connectivity index (χ2n) is 15.9. The summed E-state index contributed by atoms with van der Waals surface area (Å²) in [7, 11) is -4.56. The lowest BCUT2D eigenvalue weighted by molar-refractivity contribution is -0.384. The maximum Gasteiger partial charge on any atom is 0.293 e. The van der Waals surface area contributed by atoms with Crippen LogP contribution in [0.15, 0.2) is 114 Å². The molecule has 3 N–H and O–H groups in total. The molecule has 13 nitrogen and oxygen atoms in total. The van der Waals surface area contributed by atoms with Crippen molar-refractivity contribution in [2.24, 2.45) is 5.92 Å². The third kappa shape index (κ3) is 8.43. The van der Waals surface area contributed by atoms with Crippen LogP contribution >= 0.6 is 0 Å².